The third-order valence-electron chi connectivity index (χ3n) is 4.90. The number of halogens is 3. The van der Waals surface area contributed by atoms with Crippen LogP contribution >= 0.6 is 0 Å². The number of hydrogen-bond acceptors (Lipinski definition) is 4. The van der Waals surface area contributed by atoms with Gasteiger partial charge in [0.25, 0.3) is 11.6 Å². The first-order chi connectivity index (χ1) is 14.0. The first-order valence-electron chi connectivity index (χ1n) is 8.83. The maximum atomic E-state index is 13.5. The standard InChI is InChI=1S/C19H17F3N4O4/c1-10(11-5-3-2-4-6-11)25-15-9-13(19(20,21)22)16(26(29)30)8-12(15)7-14(17(25)27)24-18(23)28/h2-6,8-10,14H,7H2,1H3,(H3,23,24,28)/t10-,14+/m0/s1. The number of alkyl halides is 3. The number of hydrogen-bond donors (Lipinski definition) is 2. The van der Waals surface area contributed by atoms with Gasteiger partial charge in [0.05, 0.1) is 11.0 Å². The zero-order valence-corrected chi connectivity index (χ0v) is 15.6. The highest BCUT2D eigenvalue weighted by molar-refractivity contribution is 6.02. The molecule has 0 fully saturated rings. The van der Waals surface area contributed by atoms with Gasteiger partial charge in [0.15, 0.2) is 0 Å². The van der Waals surface area contributed by atoms with Crippen LogP contribution in [0.25, 0.3) is 0 Å². The Balaban J connectivity index is 2.22. The molecule has 1 aliphatic heterocycles. The van der Waals surface area contributed by atoms with Crippen LogP contribution in [0.2, 0.25) is 0 Å². The van der Waals surface area contributed by atoms with E-state index < -0.39 is 46.4 Å². The van der Waals surface area contributed by atoms with Crippen LogP contribution in [-0.4, -0.2) is 22.9 Å². The van der Waals surface area contributed by atoms with Gasteiger partial charge in [0.1, 0.15) is 11.6 Å². The fourth-order valence-corrected chi connectivity index (χ4v) is 3.54. The van der Waals surface area contributed by atoms with E-state index in [9.17, 15) is 32.9 Å². The highest BCUT2D eigenvalue weighted by Gasteiger charge is 2.43. The van der Waals surface area contributed by atoms with Crippen molar-refractivity contribution in [1.29, 1.82) is 0 Å². The molecular weight excluding hydrogens is 405 g/mol. The molecule has 0 aliphatic carbocycles. The van der Waals surface area contributed by atoms with E-state index >= 15 is 0 Å². The zero-order valence-electron chi connectivity index (χ0n) is 15.6. The van der Waals surface area contributed by atoms with Crippen molar-refractivity contribution >= 4 is 23.3 Å². The van der Waals surface area contributed by atoms with Gasteiger partial charge in [-0.25, -0.2) is 4.79 Å². The Labute approximate surface area is 168 Å². The molecule has 1 aliphatic rings. The summed E-state index contributed by atoms with van der Waals surface area (Å²) in [6, 6.07) is 7.08. The third-order valence-corrected chi connectivity index (χ3v) is 4.90. The summed E-state index contributed by atoms with van der Waals surface area (Å²) in [6.45, 7) is 1.61. The topological polar surface area (TPSA) is 119 Å². The maximum Gasteiger partial charge on any atom is 0.423 e. The summed E-state index contributed by atoms with van der Waals surface area (Å²) in [5.41, 5.74) is 3.19. The van der Waals surface area contributed by atoms with Gasteiger partial charge in [-0.2, -0.15) is 13.2 Å². The number of carbonyl (C=O) groups is 2. The van der Waals surface area contributed by atoms with Crippen LogP contribution in [0, 0.1) is 10.1 Å². The SMILES string of the molecule is C[C@@H](c1ccccc1)N1C(=O)[C@H](NC(N)=O)Cc2cc([N+](=O)[O-])c(C(F)(F)F)cc21. The van der Waals surface area contributed by atoms with E-state index in [0.717, 1.165) is 11.0 Å². The first kappa shape index (κ1) is 21.1. The number of nitro groups is 1. The summed E-state index contributed by atoms with van der Waals surface area (Å²) >= 11 is 0. The number of amides is 3. The molecule has 0 saturated heterocycles. The molecule has 3 amide bonds. The number of nitrogens with one attached hydrogen (secondary N) is 1. The molecule has 0 bridgehead atoms. The number of anilines is 1. The molecule has 1 heterocycles. The van der Waals surface area contributed by atoms with Crippen molar-refractivity contribution < 1.29 is 27.7 Å². The smallest absolute Gasteiger partial charge is 0.352 e. The number of benzene rings is 2. The van der Waals surface area contributed by atoms with Crippen LogP contribution in [-0.2, 0) is 17.4 Å². The summed E-state index contributed by atoms with van der Waals surface area (Å²) in [6.07, 6.45) is -5.22. The van der Waals surface area contributed by atoms with E-state index in [1.54, 1.807) is 37.3 Å². The predicted molar refractivity (Wildman–Crippen MR) is 101 cm³/mol. The van der Waals surface area contributed by atoms with E-state index in [4.69, 9.17) is 5.73 Å². The number of primary amides is 1. The molecule has 0 spiro atoms. The van der Waals surface area contributed by atoms with Gasteiger partial charge >= 0.3 is 12.2 Å². The van der Waals surface area contributed by atoms with Crippen molar-refractivity contribution in [2.24, 2.45) is 5.73 Å². The van der Waals surface area contributed by atoms with Crippen molar-refractivity contribution in [2.45, 2.75) is 31.6 Å². The summed E-state index contributed by atoms with van der Waals surface area (Å²) in [5.74, 6) is -0.667. The van der Waals surface area contributed by atoms with E-state index in [1.165, 1.54) is 0 Å². The number of fused-ring (bicyclic) bond motifs is 1. The average molecular weight is 422 g/mol. The van der Waals surface area contributed by atoms with Crippen molar-refractivity contribution in [2.75, 3.05) is 4.90 Å². The maximum absolute atomic E-state index is 13.5. The molecule has 0 unspecified atom stereocenters. The summed E-state index contributed by atoms with van der Waals surface area (Å²) < 4.78 is 40.5. The molecule has 8 nitrogen and oxygen atoms in total. The minimum Gasteiger partial charge on any atom is -0.352 e. The van der Waals surface area contributed by atoms with Gasteiger partial charge in [-0.1, -0.05) is 30.3 Å². The lowest BCUT2D eigenvalue weighted by atomic mass is 9.92. The van der Waals surface area contributed by atoms with Crippen LogP contribution in [0.3, 0.4) is 0 Å². The molecule has 158 valence electrons. The number of rotatable bonds is 4. The molecule has 2 aromatic carbocycles. The summed E-state index contributed by atoms with van der Waals surface area (Å²) in [4.78, 5) is 35.6. The Morgan fingerprint density at radius 2 is 1.93 bits per heavy atom. The van der Waals surface area contributed by atoms with Crippen molar-refractivity contribution in [3.8, 4) is 0 Å². The lowest BCUT2D eigenvalue weighted by Gasteiger charge is -2.38. The second-order valence-corrected chi connectivity index (χ2v) is 6.81. The molecule has 2 atom stereocenters. The van der Waals surface area contributed by atoms with Crippen LogP contribution in [0.1, 0.15) is 29.7 Å². The molecule has 11 heteroatoms. The summed E-state index contributed by atoms with van der Waals surface area (Å²) in [5, 5.41) is 13.5. The predicted octanol–water partition coefficient (Wildman–Crippen LogP) is 3.30. The Morgan fingerprint density at radius 1 is 1.30 bits per heavy atom. The van der Waals surface area contributed by atoms with Crippen LogP contribution < -0.4 is 16.0 Å². The number of urea groups is 1. The van der Waals surface area contributed by atoms with E-state index in [1.807, 2.05) is 0 Å². The number of carbonyl (C=O) groups excluding carboxylic acids is 2. The largest absolute Gasteiger partial charge is 0.423 e. The molecule has 30 heavy (non-hydrogen) atoms. The van der Waals surface area contributed by atoms with Crippen LogP contribution in [0.4, 0.5) is 29.3 Å². The van der Waals surface area contributed by atoms with Crippen molar-refractivity contribution in [3.05, 3.63) is 69.3 Å². The van der Waals surface area contributed by atoms with Crippen molar-refractivity contribution in [3.63, 3.8) is 0 Å². The highest BCUT2D eigenvalue weighted by Crippen LogP contribution is 2.43. The normalized spacial score (nSPS) is 17.3. The lowest BCUT2D eigenvalue weighted by molar-refractivity contribution is -0.388. The van der Waals surface area contributed by atoms with Gasteiger partial charge in [0.2, 0.25) is 0 Å². The quantitative estimate of drug-likeness (QED) is 0.580. The second-order valence-electron chi connectivity index (χ2n) is 6.81. The first-order valence-corrected chi connectivity index (χ1v) is 8.83. The Kier molecular flexibility index (Phi) is 5.38. The molecule has 3 N–H and O–H groups in total. The Bertz CT molecular complexity index is 1010. The van der Waals surface area contributed by atoms with Crippen LogP contribution in [0.15, 0.2) is 42.5 Å². The molecule has 0 aromatic heterocycles. The Morgan fingerprint density at radius 3 is 2.47 bits per heavy atom. The molecule has 0 saturated carbocycles. The Hall–Kier alpha value is -3.63. The number of nitrogens with two attached hydrogens (primary N) is 1. The molecular formula is C19H17F3N4O4. The zero-order chi connectivity index (χ0) is 22.2. The average Bonchev–Trinajstić information content (AvgIpc) is 2.67. The van der Waals surface area contributed by atoms with Gasteiger partial charge in [-0.15, -0.1) is 0 Å². The fraction of sp³-hybridized carbons (Fsp3) is 0.263. The molecule has 3 rings (SSSR count). The molecule has 0 radical (unpaired) electrons. The van der Waals surface area contributed by atoms with Gasteiger partial charge in [0, 0.05) is 18.2 Å². The second kappa shape index (κ2) is 7.65. The fourth-order valence-electron chi connectivity index (χ4n) is 3.54. The monoisotopic (exact) mass is 422 g/mol. The highest BCUT2D eigenvalue weighted by atomic mass is 19.4. The van der Waals surface area contributed by atoms with E-state index in [-0.39, 0.29) is 17.7 Å². The van der Waals surface area contributed by atoms with Crippen molar-refractivity contribution in [1.82, 2.24) is 5.32 Å². The molecule has 2 aromatic rings. The number of nitrogens with zero attached hydrogens (tertiary/aromatic N) is 2. The third kappa shape index (κ3) is 3.91. The number of nitro benzene ring substituents is 1. The van der Waals surface area contributed by atoms with Gasteiger partial charge in [-0.3, -0.25) is 14.9 Å². The van der Waals surface area contributed by atoms with Gasteiger partial charge in [-0.05, 0) is 24.1 Å². The van der Waals surface area contributed by atoms with E-state index in [0.29, 0.717) is 11.6 Å². The van der Waals surface area contributed by atoms with E-state index in [2.05, 4.69) is 5.32 Å². The minimum absolute atomic E-state index is 0.100. The minimum atomic E-state index is -5.00. The van der Waals surface area contributed by atoms with Crippen LogP contribution in [0.5, 0.6) is 0 Å². The summed E-state index contributed by atoms with van der Waals surface area (Å²) in [7, 11) is 0. The lowest BCUT2D eigenvalue weighted by Crippen LogP contribution is -2.54. The van der Waals surface area contributed by atoms with Gasteiger partial charge < -0.3 is 16.0 Å².